The Morgan fingerprint density at radius 3 is 2.42 bits per heavy atom. The Bertz CT molecular complexity index is 235. The first-order valence-electron chi connectivity index (χ1n) is 8.12. The number of rotatable bonds is 6. The molecule has 1 saturated heterocycles. The van der Waals surface area contributed by atoms with Crippen molar-refractivity contribution in [2.75, 3.05) is 39.3 Å². The van der Waals surface area contributed by atoms with Crippen molar-refractivity contribution in [1.29, 1.82) is 0 Å². The lowest BCUT2D eigenvalue weighted by atomic mass is 9.92. The van der Waals surface area contributed by atoms with Crippen molar-refractivity contribution in [1.82, 2.24) is 9.80 Å². The van der Waals surface area contributed by atoms with Crippen LogP contribution < -0.4 is 5.73 Å². The van der Waals surface area contributed by atoms with Crippen LogP contribution in [-0.2, 0) is 0 Å². The summed E-state index contributed by atoms with van der Waals surface area (Å²) in [6, 6.07) is 0.701. The lowest BCUT2D eigenvalue weighted by Gasteiger charge is -2.30. The molecule has 0 aromatic carbocycles. The Morgan fingerprint density at radius 1 is 1.11 bits per heavy atom. The largest absolute Gasteiger partial charge is 0.330 e. The molecule has 3 nitrogen and oxygen atoms in total. The Morgan fingerprint density at radius 2 is 1.84 bits per heavy atom. The summed E-state index contributed by atoms with van der Waals surface area (Å²) in [6.07, 6.45) is 5.00. The zero-order valence-corrected chi connectivity index (χ0v) is 13.6. The first-order valence-corrected chi connectivity index (χ1v) is 8.12. The Labute approximate surface area is 120 Å². The van der Waals surface area contributed by atoms with Gasteiger partial charge in [0.15, 0.2) is 0 Å². The predicted molar refractivity (Wildman–Crippen MR) is 84.5 cm³/mol. The summed E-state index contributed by atoms with van der Waals surface area (Å²) >= 11 is 0. The summed E-state index contributed by atoms with van der Waals surface area (Å²) in [4.78, 5) is 5.32. The van der Waals surface area contributed by atoms with Crippen molar-refractivity contribution in [3.63, 3.8) is 0 Å². The lowest BCUT2D eigenvalue weighted by Crippen LogP contribution is -2.39. The molecule has 1 unspecified atom stereocenters. The second-order valence-corrected chi connectivity index (χ2v) is 7.18. The zero-order valence-electron chi connectivity index (χ0n) is 13.6. The maximum Gasteiger partial charge on any atom is 0.0112 e. The fourth-order valence-electron chi connectivity index (χ4n) is 2.91. The highest BCUT2D eigenvalue weighted by Gasteiger charge is 2.21. The quantitative estimate of drug-likeness (QED) is 0.804. The fourth-order valence-corrected chi connectivity index (χ4v) is 2.91. The molecular weight excluding hydrogens is 234 g/mol. The van der Waals surface area contributed by atoms with E-state index in [-0.39, 0.29) is 0 Å². The van der Waals surface area contributed by atoms with E-state index in [0.717, 1.165) is 13.0 Å². The van der Waals surface area contributed by atoms with E-state index >= 15 is 0 Å². The molecular formula is C16H35N3. The van der Waals surface area contributed by atoms with Crippen molar-refractivity contribution in [2.45, 2.75) is 59.4 Å². The second kappa shape index (κ2) is 8.23. The number of hydrogen-bond donors (Lipinski definition) is 1. The van der Waals surface area contributed by atoms with Gasteiger partial charge in [-0.05, 0) is 57.3 Å². The molecule has 3 heteroatoms. The molecule has 1 rings (SSSR count). The molecule has 0 bridgehead atoms. The predicted octanol–water partition coefficient (Wildman–Crippen LogP) is 2.56. The van der Waals surface area contributed by atoms with Crippen molar-refractivity contribution in [3.05, 3.63) is 0 Å². The van der Waals surface area contributed by atoms with E-state index in [4.69, 9.17) is 5.73 Å². The van der Waals surface area contributed by atoms with Crippen LogP contribution in [0.3, 0.4) is 0 Å². The van der Waals surface area contributed by atoms with Gasteiger partial charge in [-0.2, -0.15) is 0 Å². The van der Waals surface area contributed by atoms with Crippen LogP contribution in [0.1, 0.15) is 53.4 Å². The topological polar surface area (TPSA) is 32.5 Å². The van der Waals surface area contributed by atoms with Crippen LogP contribution in [0.25, 0.3) is 0 Å². The van der Waals surface area contributed by atoms with Crippen LogP contribution in [-0.4, -0.2) is 55.1 Å². The molecule has 1 fully saturated rings. The average molecular weight is 269 g/mol. The maximum atomic E-state index is 5.74. The summed E-state index contributed by atoms with van der Waals surface area (Å²) in [7, 11) is 0. The second-order valence-electron chi connectivity index (χ2n) is 7.18. The van der Waals surface area contributed by atoms with Crippen LogP contribution >= 0.6 is 0 Å². The fraction of sp³-hybridized carbons (Fsp3) is 1.00. The third kappa shape index (κ3) is 6.73. The normalized spacial score (nSPS) is 21.3. The van der Waals surface area contributed by atoms with Gasteiger partial charge in [0, 0.05) is 19.1 Å². The maximum absolute atomic E-state index is 5.74. The van der Waals surface area contributed by atoms with Crippen LogP contribution in [0.2, 0.25) is 0 Å². The van der Waals surface area contributed by atoms with Gasteiger partial charge in [-0.15, -0.1) is 0 Å². The first-order chi connectivity index (χ1) is 8.96. The van der Waals surface area contributed by atoms with E-state index in [0.29, 0.717) is 11.5 Å². The van der Waals surface area contributed by atoms with Gasteiger partial charge in [0.2, 0.25) is 0 Å². The van der Waals surface area contributed by atoms with Crippen LogP contribution in [0.4, 0.5) is 0 Å². The van der Waals surface area contributed by atoms with Crippen molar-refractivity contribution < 1.29 is 0 Å². The molecule has 0 amide bonds. The molecule has 1 aliphatic rings. The van der Waals surface area contributed by atoms with Crippen molar-refractivity contribution in [3.8, 4) is 0 Å². The van der Waals surface area contributed by atoms with Crippen molar-refractivity contribution >= 4 is 0 Å². The molecule has 2 N–H and O–H groups in total. The van der Waals surface area contributed by atoms with Gasteiger partial charge in [-0.1, -0.05) is 27.7 Å². The van der Waals surface area contributed by atoms with Crippen LogP contribution in [0.5, 0.6) is 0 Å². The van der Waals surface area contributed by atoms with Gasteiger partial charge in [-0.3, -0.25) is 4.90 Å². The molecule has 1 atom stereocenters. The summed E-state index contributed by atoms with van der Waals surface area (Å²) in [5.41, 5.74) is 6.19. The monoisotopic (exact) mass is 269 g/mol. The van der Waals surface area contributed by atoms with Crippen LogP contribution in [0.15, 0.2) is 0 Å². The molecule has 0 aliphatic carbocycles. The number of hydrogen-bond acceptors (Lipinski definition) is 3. The van der Waals surface area contributed by atoms with E-state index in [1.54, 1.807) is 0 Å². The van der Waals surface area contributed by atoms with E-state index in [2.05, 4.69) is 37.5 Å². The summed E-state index contributed by atoms with van der Waals surface area (Å²) in [5, 5.41) is 0. The SMILES string of the molecule is CCC(CCN)N1CCCN(CCC(C)(C)C)CC1. The lowest BCUT2D eigenvalue weighted by molar-refractivity contribution is 0.181. The van der Waals surface area contributed by atoms with Gasteiger partial charge in [0.1, 0.15) is 0 Å². The standard InChI is InChI=1S/C16H35N3/c1-5-15(7-9-17)19-11-6-10-18(13-14-19)12-8-16(2,3)4/h15H,5-14,17H2,1-4H3. The van der Waals surface area contributed by atoms with E-state index < -0.39 is 0 Å². The molecule has 1 aliphatic heterocycles. The zero-order chi connectivity index (χ0) is 14.3. The van der Waals surface area contributed by atoms with E-state index in [9.17, 15) is 0 Å². The number of nitrogens with zero attached hydrogens (tertiary/aromatic N) is 2. The molecule has 0 saturated carbocycles. The smallest absolute Gasteiger partial charge is 0.0112 e. The third-order valence-corrected chi connectivity index (χ3v) is 4.29. The van der Waals surface area contributed by atoms with Gasteiger partial charge in [0.25, 0.3) is 0 Å². The van der Waals surface area contributed by atoms with Gasteiger partial charge < -0.3 is 10.6 Å². The molecule has 0 radical (unpaired) electrons. The molecule has 1 heterocycles. The van der Waals surface area contributed by atoms with E-state index in [1.807, 2.05) is 0 Å². The summed E-state index contributed by atoms with van der Waals surface area (Å²) < 4.78 is 0. The van der Waals surface area contributed by atoms with Gasteiger partial charge in [0.05, 0.1) is 0 Å². The highest BCUT2D eigenvalue weighted by atomic mass is 15.2. The van der Waals surface area contributed by atoms with E-state index in [1.165, 1.54) is 52.0 Å². The van der Waals surface area contributed by atoms with Gasteiger partial charge >= 0.3 is 0 Å². The minimum absolute atomic E-state index is 0.456. The molecule has 19 heavy (non-hydrogen) atoms. The molecule has 0 spiro atoms. The minimum atomic E-state index is 0.456. The Hall–Kier alpha value is -0.120. The molecule has 114 valence electrons. The van der Waals surface area contributed by atoms with Crippen LogP contribution in [0, 0.1) is 5.41 Å². The number of nitrogens with two attached hydrogens (primary N) is 1. The van der Waals surface area contributed by atoms with Gasteiger partial charge in [-0.25, -0.2) is 0 Å². The summed E-state index contributed by atoms with van der Waals surface area (Å²) in [5.74, 6) is 0. The first kappa shape index (κ1) is 16.9. The minimum Gasteiger partial charge on any atom is -0.330 e. The third-order valence-electron chi connectivity index (χ3n) is 4.29. The Balaban J connectivity index is 2.38. The van der Waals surface area contributed by atoms with Crippen molar-refractivity contribution in [2.24, 2.45) is 11.1 Å². The highest BCUT2D eigenvalue weighted by Crippen LogP contribution is 2.20. The molecule has 0 aromatic rings. The highest BCUT2D eigenvalue weighted by molar-refractivity contribution is 4.77. The Kier molecular flexibility index (Phi) is 7.33. The molecule has 0 aromatic heterocycles. The average Bonchev–Trinajstić information content (AvgIpc) is 2.58. The summed E-state index contributed by atoms with van der Waals surface area (Å²) in [6.45, 7) is 16.4.